The first-order chi connectivity index (χ1) is 11.2. The van der Waals surface area contributed by atoms with Gasteiger partial charge in [-0.25, -0.2) is 4.98 Å². The highest BCUT2D eigenvalue weighted by atomic mass is 16.5. The number of nitrogens with zero attached hydrogens (tertiary/aromatic N) is 4. The largest absolute Gasteiger partial charge is 0.497 e. The van der Waals surface area contributed by atoms with Crippen molar-refractivity contribution in [1.82, 2.24) is 9.55 Å². The molecule has 0 spiro atoms. The summed E-state index contributed by atoms with van der Waals surface area (Å²) >= 11 is 0. The molecule has 0 radical (unpaired) electrons. The number of rotatable bonds is 4. The molecule has 2 aromatic rings. The van der Waals surface area contributed by atoms with Crippen LogP contribution < -0.4 is 20.1 Å². The minimum Gasteiger partial charge on any atom is -0.497 e. The fourth-order valence-electron chi connectivity index (χ4n) is 2.89. The maximum absolute atomic E-state index is 12.4. The Hall–Kier alpha value is -2.50. The predicted octanol–water partition coefficient (Wildman–Crippen LogP) is 1.60. The average Bonchev–Trinajstić information content (AvgIpc) is 2.62. The van der Waals surface area contributed by atoms with Crippen LogP contribution in [0.15, 0.2) is 41.5 Å². The maximum Gasteiger partial charge on any atom is 0.293 e. The number of methoxy groups -OCH3 is 1. The van der Waals surface area contributed by atoms with Crippen molar-refractivity contribution in [1.29, 1.82) is 0 Å². The number of benzene rings is 1. The monoisotopic (exact) mass is 314 g/mol. The Balaban J connectivity index is 1.72. The van der Waals surface area contributed by atoms with Gasteiger partial charge < -0.3 is 19.1 Å². The predicted molar refractivity (Wildman–Crippen MR) is 91.6 cm³/mol. The van der Waals surface area contributed by atoms with E-state index in [9.17, 15) is 4.79 Å². The summed E-state index contributed by atoms with van der Waals surface area (Å²) < 4.78 is 6.98. The normalized spacial score (nSPS) is 14.9. The van der Waals surface area contributed by atoms with Crippen molar-refractivity contribution in [3.63, 3.8) is 0 Å². The van der Waals surface area contributed by atoms with Gasteiger partial charge in [-0.1, -0.05) is 6.07 Å². The van der Waals surface area contributed by atoms with E-state index in [1.807, 2.05) is 25.1 Å². The van der Waals surface area contributed by atoms with Crippen LogP contribution in [0.25, 0.3) is 0 Å². The molecule has 0 amide bonds. The van der Waals surface area contributed by atoms with Gasteiger partial charge in [0.05, 0.1) is 7.11 Å². The molecule has 0 aliphatic carbocycles. The molecule has 1 saturated heterocycles. The van der Waals surface area contributed by atoms with E-state index in [4.69, 9.17) is 4.74 Å². The van der Waals surface area contributed by atoms with Crippen LogP contribution in [0.1, 0.15) is 6.92 Å². The molecule has 0 unspecified atom stereocenters. The lowest BCUT2D eigenvalue weighted by Crippen LogP contribution is -2.48. The fourth-order valence-corrected chi connectivity index (χ4v) is 2.89. The molecule has 3 rings (SSSR count). The lowest BCUT2D eigenvalue weighted by atomic mass is 10.2. The van der Waals surface area contributed by atoms with Gasteiger partial charge in [-0.15, -0.1) is 0 Å². The molecular weight excluding hydrogens is 292 g/mol. The SMILES string of the molecule is CCn1ccnc(N2CCN(c3cccc(OC)c3)CC2)c1=O. The fraction of sp³-hybridized carbons (Fsp3) is 0.412. The van der Waals surface area contributed by atoms with Crippen LogP contribution in [0.2, 0.25) is 0 Å². The lowest BCUT2D eigenvalue weighted by Gasteiger charge is -2.36. The van der Waals surface area contributed by atoms with Crippen molar-refractivity contribution in [3.8, 4) is 5.75 Å². The quantitative estimate of drug-likeness (QED) is 0.858. The highest BCUT2D eigenvalue weighted by molar-refractivity contribution is 5.52. The summed E-state index contributed by atoms with van der Waals surface area (Å²) in [5.74, 6) is 1.42. The highest BCUT2D eigenvalue weighted by Crippen LogP contribution is 2.22. The number of hydrogen-bond acceptors (Lipinski definition) is 5. The molecule has 1 aliphatic rings. The summed E-state index contributed by atoms with van der Waals surface area (Å²) in [7, 11) is 1.68. The Bertz CT molecular complexity index is 721. The van der Waals surface area contributed by atoms with E-state index in [0.717, 1.165) is 37.6 Å². The Morgan fingerprint density at radius 1 is 1.17 bits per heavy atom. The molecule has 2 heterocycles. The number of anilines is 2. The van der Waals surface area contributed by atoms with Gasteiger partial charge in [0.2, 0.25) is 0 Å². The topological polar surface area (TPSA) is 50.6 Å². The maximum atomic E-state index is 12.4. The molecule has 0 N–H and O–H groups in total. The van der Waals surface area contributed by atoms with Gasteiger partial charge in [-0.2, -0.15) is 0 Å². The first-order valence-electron chi connectivity index (χ1n) is 7.92. The van der Waals surface area contributed by atoms with Crippen molar-refractivity contribution < 1.29 is 4.74 Å². The van der Waals surface area contributed by atoms with Gasteiger partial charge in [-0.3, -0.25) is 4.79 Å². The molecule has 0 bridgehead atoms. The summed E-state index contributed by atoms with van der Waals surface area (Å²) in [4.78, 5) is 21.0. The zero-order valence-corrected chi connectivity index (χ0v) is 13.6. The Morgan fingerprint density at radius 3 is 2.61 bits per heavy atom. The van der Waals surface area contributed by atoms with E-state index in [0.29, 0.717) is 12.4 Å². The minimum atomic E-state index is -0.00942. The first kappa shape index (κ1) is 15.4. The van der Waals surface area contributed by atoms with Crippen molar-refractivity contribution in [2.75, 3.05) is 43.1 Å². The zero-order valence-electron chi connectivity index (χ0n) is 13.6. The van der Waals surface area contributed by atoms with Gasteiger partial charge in [0, 0.05) is 56.9 Å². The molecule has 1 aliphatic heterocycles. The summed E-state index contributed by atoms with van der Waals surface area (Å²) in [6.07, 6.45) is 3.44. The summed E-state index contributed by atoms with van der Waals surface area (Å²) in [5, 5.41) is 0. The van der Waals surface area contributed by atoms with Crippen molar-refractivity contribution in [2.45, 2.75) is 13.5 Å². The van der Waals surface area contributed by atoms with Gasteiger partial charge in [0.1, 0.15) is 5.75 Å². The van der Waals surface area contributed by atoms with E-state index in [1.54, 1.807) is 24.1 Å². The van der Waals surface area contributed by atoms with E-state index in [-0.39, 0.29) is 5.56 Å². The average molecular weight is 314 g/mol. The van der Waals surface area contributed by atoms with E-state index in [2.05, 4.69) is 20.9 Å². The van der Waals surface area contributed by atoms with Crippen LogP contribution in [0.3, 0.4) is 0 Å². The minimum absolute atomic E-state index is 0.00942. The van der Waals surface area contributed by atoms with E-state index < -0.39 is 0 Å². The molecule has 0 atom stereocenters. The van der Waals surface area contributed by atoms with Crippen LogP contribution in [-0.2, 0) is 6.54 Å². The zero-order chi connectivity index (χ0) is 16.2. The number of aryl methyl sites for hydroxylation is 1. The second-order valence-electron chi connectivity index (χ2n) is 5.52. The smallest absolute Gasteiger partial charge is 0.293 e. The molecule has 122 valence electrons. The van der Waals surface area contributed by atoms with Gasteiger partial charge >= 0.3 is 0 Å². The standard InChI is InChI=1S/C17H22N4O2/c1-3-19-8-7-18-16(17(19)22)21-11-9-20(10-12-21)14-5-4-6-15(13-14)23-2/h4-8,13H,3,9-12H2,1-2H3. The van der Waals surface area contributed by atoms with Crippen LogP contribution in [0.4, 0.5) is 11.5 Å². The van der Waals surface area contributed by atoms with Gasteiger partial charge in [0.25, 0.3) is 5.56 Å². The van der Waals surface area contributed by atoms with Crippen molar-refractivity contribution in [3.05, 3.63) is 47.0 Å². The van der Waals surface area contributed by atoms with Crippen LogP contribution in [-0.4, -0.2) is 42.8 Å². The van der Waals surface area contributed by atoms with Gasteiger partial charge in [0.15, 0.2) is 5.82 Å². The lowest BCUT2D eigenvalue weighted by molar-refractivity contribution is 0.414. The molecule has 6 nitrogen and oxygen atoms in total. The third-order valence-electron chi connectivity index (χ3n) is 4.23. The van der Waals surface area contributed by atoms with Gasteiger partial charge in [-0.05, 0) is 19.1 Å². The van der Waals surface area contributed by atoms with Crippen molar-refractivity contribution >= 4 is 11.5 Å². The Morgan fingerprint density at radius 2 is 1.91 bits per heavy atom. The second-order valence-corrected chi connectivity index (χ2v) is 5.52. The summed E-state index contributed by atoms with van der Waals surface area (Å²) in [6, 6.07) is 8.07. The highest BCUT2D eigenvalue weighted by Gasteiger charge is 2.21. The summed E-state index contributed by atoms with van der Waals surface area (Å²) in [6.45, 7) is 5.91. The second kappa shape index (κ2) is 6.73. The number of aromatic nitrogens is 2. The molecular formula is C17H22N4O2. The van der Waals surface area contributed by atoms with E-state index >= 15 is 0 Å². The molecule has 1 aromatic heterocycles. The van der Waals surface area contributed by atoms with Crippen molar-refractivity contribution in [2.24, 2.45) is 0 Å². The molecule has 1 aromatic carbocycles. The van der Waals surface area contributed by atoms with E-state index in [1.165, 1.54) is 0 Å². The van der Waals surface area contributed by atoms with Crippen LogP contribution in [0.5, 0.6) is 5.75 Å². The molecule has 23 heavy (non-hydrogen) atoms. The molecule has 6 heteroatoms. The van der Waals surface area contributed by atoms with Crippen LogP contribution >= 0.6 is 0 Å². The molecule has 0 saturated carbocycles. The van der Waals surface area contributed by atoms with Crippen LogP contribution in [0, 0.1) is 0 Å². The summed E-state index contributed by atoms with van der Waals surface area (Å²) in [5.41, 5.74) is 1.14. The Kier molecular flexibility index (Phi) is 4.50. The number of hydrogen-bond donors (Lipinski definition) is 0. The third-order valence-corrected chi connectivity index (χ3v) is 4.23. The molecule has 1 fully saturated rings. The number of ether oxygens (including phenoxy) is 1. The Labute approximate surface area is 135 Å². The third kappa shape index (κ3) is 3.16. The number of piperazine rings is 1. The first-order valence-corrected chi connectivity index (χ1v) is 7.92.